The maximum absolute atomic E-state index is 14.8. The zero-order valence-electron chi connectivity index (χ0n) is 15.7. The minimum atomic E-state index is -0.991. The first-order chi connectivity index (χ1) is 13.0. The van der Waals surface area contributed by atoms with Crippen LogP contribution in [0.15, 0.2) is 48.8 Å². The summed E-state index contributed by atoms with van der Waals surface area (Å²) in [7, 11) is 5.32. The van der Waals surface area contributed by atoms with E-state index < -0.39 is 11.6 Å². The molecule has 0 atom stereocenters. The Morgan fingerprint density at radius 3 is 2.44 bits per heavy atom. The molecule has 6 heteroatoms. The molecule has 0 N–H and O–H groups in total. The second-order valence-corrected chi connectivity index (χ2v) is 6.60. The van der Waals surface area contributed by atoms with Crippen molar-refractivity contribution in [3.8, 4) is 28.3 Å². The monoisotopic (exact) mass is 371 g/mol. The van der Waals surface area contributed by atoms with Gasteiger partial charge in [-0.25, -0.2) is 9.37 Å². The normalized spacial score (nSPS) is 11.2. The van der Waals surface area contributed by atoms with Gasteiger partial charge in [0.15, 0.2) is 11.6 Å². The van der Waals surface area contributed by atoms with Crippen LogP contribution in [-0.2, 0) is 6.54 Å². The molecule has 142 valence electrons. The lowest BCUT2D eigenvalue weighted by Crippen LogP contribution is -2.15. The molecule has 2 aromatic carbocycles. The Morgan fingerprint density at radius 2 is 1.78 bits per heavy atom. The number of aromatic nitrogens is 2. The van der Waals surface area contributed by atoms with Gasteiger partial charge in [-0.05, 0) is 39.2 Å². The van der Waals surface area contributed by atoms with Crippen LogP contribution in [0.1, 0.15) is 6.42 Å². The van der Waals surface area contributed by atoms with Gasteiger partial charge in [-0.15, -0.1) is 0 Å². The van der Waals surface area contributed by atoms with Gasteiger partial charge in [0.2, 0.25) is 5.82 Å². The van der Waals surface area contributed by atoms with E-state index >= 15 is 0 Å². The molecule has 4 nitrogen and oxygen atoms in total. The standard InChI is InChI=1S/C21H23F2N3O/c1-25(2)12-7-13-26-14-24-20(15-8-5-4-6-9-15)21(26)16-10-11-17(27-3)19(23)18(16)22/h4-6,8-11,14H,7,12-13H2,1-3H3. The molecule has 3 rings (SSSR count). The van der Waals surface area contributed by atoms with E-state index in [1.807, 2.05) is 49.0 Å². The number of hydrogen-bond donors (Lipinski definition) is 0. The third-order valence-electron chi connectivity index (χ3n) is 4.41. The Balaban J connectivity index is 2.11. The fourth-order valence-electron chi connectivity index (χ4n) is 3.07. The smallest absolute Gasteiger partial charge is 0.201 e. The predicted octanol–water partition coefficient (Wildman–Crippen LogP) is 4.46. The highest BCUT2D eigenvalue weighted by Gasteiger charge is 2.22. The number of methoxy groups -OCH3 is 1. The first-order valence-corrected chi connectivity index (χ1v) is 8.80. The number of nitrogens with zero attached hydrogens (tertiary/aromatic N) is 3. The van der Waals surface area contributed by atoms with Crippen molar-refractivity contribution in [2.45, 2.75) is 13.0 Å². The summed E-state index contributed by atoms with van der Waals surface area (Å²) in [6.45, 7) is 1.54. The van der Waals surface area contributed by atoms with Gasteiger partial charge in [-0.3, -0.25) is 0 Å². The third-order valence-corrected chi connectivity index (χ3v) is 4.41. The van der Waals surface area contributed by atoms with Crippen LogP contribution in [0.4, 0.5) is 8.78 Å². The predicted molar refractivity (Wildman–Crippen MR) is 103 cm³/mol. The van der Waals surface area contributed by atoms with E-state index in [1.54, 1.807) is 12.4 Å². The van der Waals surface area contributed by atoms with Crippen molar-refractivity contribution in [2.75, 3.05) is 27.7 Å². The molecular formula is C21H23F2N3O. The van der Waals surface area contributed by atoms with Crippen molar-refractivity contribution in [1.29, 1.82) is 0 Å². The molecule has 0 radical (unpaired) electrons. The van der Waals surface area contributed by atoms with Gasteiger partial charge in [0.05, 0.1) is 24.8 Å². The van der Waals surface area contributed by atoms with Crippen LogP contribution in [0.3, 0.4) is 0 Å². The fraction of sp³-hybridized carbons (Fsp3) is 0.286. The van der Waals surface area contributed by atoms with Crippen molar-refractivity contribution < 1.29 is 13.5 Å². The molecule has 0 bridgehead atoms. The maximum atomic E-state index is 14.8. The van der Waals surface area contributed by atoms with Crippen LogP contribution >= 0.6 is 0 Å². The van der Waals surface area contributed by atoms with E-state index in [0.717, 1.165) is 18.5 Å². The van der Waals surface area contributed by atoms with Gasteiger partial charge in [-0.1, -0.05) is 30.3 Å². The summed E-state index contributed by atoms with van der Waals surface area (Å²) in [6.07, 6.45) is 2.56. The number of imidazole rings is 1. The average Bonchev–Trinajstić information content (AvgIpc) is 3.08. The van der Waals surface area contributed by atoms with E-state index in [1.165, 1.54) is 13.2 Å². The molecule has 1 aromatic heterocycles. The van der Waals surface area contributed by atoms with Crippen molar-refractivity contribution in [3.63, 3.8) is 0 Å². The Hall–Kier alpha value is -2.73. The molecule has 0 fully saturated rings. The van der Waals surface area contributed by atoms with Gasteiger partial charge in [0, 0.05) is 17.7 Å². The molecule has 0 amide bonds. The highest BCUT2D eigenvalue weighted by atomic mass is 19.2. The van der Waals surface area contributed by atoms with E-state index in [2.05, 4.69) is 9.88 Å². The van der Waals surface area contributed by atoms with Gasteiger partial charge in [0.1, 0.15) is 0 Å². The zero-order chi connectivity index (χ0) is 19.4. The van der Waals surface area contributed by atoms with Crippen LogP contribution in [-0.4, -0.2) is 42.2 Å². The van der Waals surface area contributed by atoms with Gasteiger partial charge in [0.25, 0.3) is 0 Å². The van der Waals surface area contributed by atoms with Crippen LogP contribution in [0.2, 0.25) is 0 Å². The number of halogens is 2. The molecule has 0 aliphatic rings. The highest BCUT2D eigenvalue weighted by Crippen LogP contribution is 2.35. The molecular weight excluding hydrogens is 348 g/mol. The third kappa shape index (κ3) is 4.01. The van der Waals surface area contributed by atoms with Gasteiger partial charge in [-0.2, -0.15) is 4.39 Å². The minimum Gasteiger partial charge on any atom is -0.494 e. The van der Waals surface area contributed by atoms with E-state index in [9.17, 15) is 8.78 Å². The number of ether oxygens (including phenoxy) is 1. The summed E-state index contributed by atoms with van der Waals surface area (Å²) in [5.74, 6) is -2.04. The Morgan fingerprint density at radius 1 is 1.04 bits per heavy atom. The van der Waals surface area contributed by atoms with E-state index in [4.69, 9.17) is 4.74 Å². The SMILES string of the molecule is COc1ccc(-c2c(-c3ccccc3)ncn2CCCN(C)C)c(F)c1F. The van der Waals surface area contributed by atoms with Crippen LogP contribution in [0.25, 0.3) is 22.5 Å². The molecule has 0 unspecified atom stereocenters. The number of hydrogen-bond acceptors (Lipinski definition) is 3. The Bertz CT molecular complexity index is 907. The number of rotatable bonds is 7. The van der Waals surface area contributed by atoms with Crippen molar-refractivity contribution >= 4 is 0 Å². The molecule has 0 saturated heterocycles. The largest absolute Gasteiger partial charge is 0.494 e. The first kappa shape index (κ1) is 19.0. The highest BCUT2D eigenvalue weighted by molar-refractivity contribution is 5.79. The van der Waals surface area contributed by atoms with E-state index in [-0.39, 0.29) is 11.3 Å². The lowest BCUT2D eigenvalue weighted by molar-refractivity contribution is 0.372. The summed E-state index contributed by atoms with van der Waals surface area (Å²) in [6, 6.07) is 12.5. The van der Waals surface area contributed by atoms with E-state index in [0.29, 0.717) is 17.9 Å². The van der Waals surface area contributed by atoms with Crippen LogP contribution < -0.4 is 4.74 Å². The van der Waals surface area contributed by atoms with Crippen LogP contribution in [0, 0.1) is 11.6 Å². The number of benzene rings is 2. The summed E-state index contributed by atoms with van der Waals surface area (Å²) >= 11 is 0. The van der Waals surface area contributed by atoms with Gasteiger partial charge >= 0.3 is 0 Å². The molecule has 0 aliphatic heterocycles. The minimum absolute atomic E-state index is 0.115. The van der Waals surface area contributed by atoms with Crippen molar-refractivity contribution in [3.05, 3.63) is 60.4 Å². The summed E-state index contributed by atoms with van der Waals surface area (Å²) in [5, 5.41) is 0. The Kier molecular flexibility index (Phi) is 5.86. The quantitative estimate of drug-likeness (QED) is 0.614. The molecule has 27 heavy (non-hydrogen) atoms. The molecule has 0 spiro atoms. The lowest BCUT2D eigenvalue weighted by atomic mass is 10.0. The van der Waals surface area contributed by atoms with Gasteiger partial charge < -0.3 is 14.2 Å². The second-order valence-electron chi connectivity index (χ2n) is 6.60. The second kappa shape index (κ2) is 8.31. The Labute approximate surface area is 158 Å². The van der Waals surface area contributed by atoms with Crippen LogP contribution in [0.5, 0.6) is 5.75 Å². The summed E-state index contributed by atoms with van der Waals surface area (Å²) in [4.78, 5) is 6.59. The topological polar surface area (TPSA) is 30.3 Å². The van der Waals surface area contributed by atoms with Crippen molar-refractivity contribution in [2.24, 2.45) is 0 Å². The molecule has 0 aliphatic carbocycles. The average molecular weight is 371 g/mol. The maximum Gasteiger partial charge on any atom is 0.201 e. The number of aryl methyl sites for hydroxylation is 1. The molecule has 0 saturated carbocycles. The summed E-state index contributed by atoms with van der Waals surface area (Å²) < 4.78 is 36.0. The first-order valence-electron chi connectivity index (χ1n) is 8.80. The fourth-order valence-corrected chi connectivity index (χ4v) is 3.07. The summed E-state index contributed by atoms with van der Waals surface area (Å²) in [5.41, 5.74) is 2.23. The zero-order valence-corrected chi connectivity index (χ0v) is 15.7. The van der Waals surface area contributed by atoms with Crippen molar-refractivity contribution in [1.82, 2.24) is 14.5 Å². The molecule has 1 heterocycles. The lowest BCUT2D eigenvalue weighted by Gasteiger charge is -2.14. The molecule has 3 aromatic rings.